The second kappa shape index (κ2) is 4.14. The maximum atomic E-state index is 8.84. The Labute approximate surface area is 61.0 Å². The van der Waals surface area contributed by atoms with Crippen molar-refractivity contribution in [1.29, 1.82) is 0 Å². The molecule has 0 aromatic carbocycles. The number of rotatable bonds is 4. The highest BCUT2D eigenvalue weighted by atomic mass is 32.2. The van der Waals surface area contributed by atoms with Gasteiger partial charge in [0, 0.05) is 11.3 Å². The molecule has 0 heterocycles. The lowest BCUT2D eigenvalue weighted by atomic mass is 10.1. The third-order valence-corrected chi connectivity index (χ3v) is 2.34. The first-order chi connectivity index (χ1) is 4.18. The van der Waals surface area contributed by atoms with Gasteiger partial charge in [0.15, 0.2) is 0 Å². The largest absolute Gasteiger partial charge is 0.394 e. The molecule has 0 bridgehead atoms. The van der Waals surface area contributed by atoms with Gasteiger partial charge in [-0.25, -0.2) is 0 Å². The molecule has 0 aliphatic carbocycles. The van der Waals surface area contributed by atoms with Crippen molar-refractivity contribution in [3.05, 3.63) is 0 Å². The molecule has 0 fully saturated rings. The van der Waals surface area contributed by atoms with E-state index < -0.39 is 0 Å². The minimum absolute atomic E-state index is 0.0978. The molecule has 2 N–H and O–H groups in total. The molecule has 0 amide bonds. The average molecular weight is 149 g/mol. The summed E-state index contributed by atoms with van der Waals surface area (Å²) in [5, 5.41) is 11.9. The van der Waals surface area contributed by atoms with E-state index in [1.165, 1.54) is 0 Å². The van der Waals surface area contributed by atoms with Crippen LogP contribution in [-0.2, 0) is 0 Å². The molecule has 1 atom stereocenters. The molecule has 9 heavy (non-hydrogen) atoms. The van der Waals surface area contributed by atoms with Crippen molar-refractivity contribution < 1.29 is 5.11 Å². The van der Waals surface area contributed by atoms with Crippen LogP contribution >= 0.6 is 11.8 Å². The summed E-state index contributed by atoms with van der Waals surface area (Å²) in [6.07, 6.45) is 2.03. The van der Waals surface area contributed by atoms with Gasteiger partial charge in [0.25, 0.3) is 0 Å². The quantitative estimate of drug-likeness (QED) is 0.604. The van der Waals surface area contributed by atoms with Crippen molar-refractivity contribution >= 4 is 11.8 Å². The van der Waals surface area contributed by atoms with Gasteiger partial charge in [-0.1, -0.05) is 0 Å². The minimum Gasteiger partial charge on any atom is -0.394 e. The van der Waals surface area contributed by atoms with Gasteiger partial charge < -0.3 is 10.4 Å². The van der Waals surface area contributed by atoms with E-state index in [4.69, 9.17) is 5.11 Å². The number of nitrogens with one attached hydrogen (secondary N) is 1. The van der Waals surface area contributed by atoms with E-state index in [9.17, 15) is 0 Å². The molecule has 0 spiro atoms. The Morgan fingerprint density at radius 3 is 2.33 bits per heavy atom. The maximum Gasteiger partial charge on any atom is 0.0618 e. The number of thioether (sulfide) groups is 1. The summed E-state index contributed by atoms with van der Waals surface area (Å²) >= 11 is 1.74. The molecule has 0 rings (SSSR count). The summed E-state index contributed by atoms with van der Waals surface area (Å²) in [5.74, 6) is 0.944. The van der Waals surface area contributed by atoms with Crippen molar-refractivity contribution in [3.63, 3.8) is 0 Å². The van der Waals surface area contributed by atoms with E-state index in [2.05, 4.69) is 5.32 Å². The van der Waals surface area contributed by atoms with Gasteiger partial charge in [0.05, 0.1) is 6.61 Å². The molecule has 0 saturated heterocycles. The van der Waals surface area contributed by atoms with E-state index in [1.54, 1.807) is 11.8 Å². The molecule has 2 nitrogen and oxygen atoms in total. The van der Waals surface area contributed by atoms with Crippen LogP contribution in [0.4, 0.5) is 0 Å². The van der Waals surface area contributed by atoms with E-state index in [1.807, 2.05) is 20.2 Å². The third kappa shape index (κ3) is 3.08. The van der Waals surface area contributed by atoms with Crippen molar-refractivity contribution in [2.24, 2.45) is 0 Å². The summed E-state index contributed by atoms with van der Waals surface area (Å²) in [6, 6.07) is 0. The zero-order valence-corrected chi connectivity index (χ0v) is 7.09. The number of hydrogen-bond donors (Lipinski definition) is 2. The fraction of sp³-hybridized carbons (Fsp3) is 1.00. The van der Waals surface area contributed by atoms with Gasteiger partial charge in [-0.3, -0.25) is 0 Å². The summed E-state index contributed by atoms with van der Waals surface area (Å²) < 4.78 is 0. The van der Waals surface area contributed by atoms with E-state index in [0.29, 0.717) is 0 Å². The fourth-order valence-electron chi connectivity index (χ4n) is 0.515. The molecule has 0 aliphatic heterocycles. The number of hydrogen-bond acceptors (Lipinski definition) is 3. The second-order valence-electron chi connectivity index (χ2n) is 2.40. The first kappa shape index (κ1) is 9.27. The topological polar surface area (TPSA) is 32.3 Å². The molecule has 0 saturated carbocycles. The SMILES string of the molecule is CNC(C)(CO)CSC. The molecular weight excluding hydrogens is 134 g/mol. The minimum atomic E-state index is -0.0978. The Bertz CT molecular complexity index is 73.5. The predicted octanol–water partition coefficient (Wildman–Crippen LogP) is 0.320. The Balaban J connectivity index is 3.62. The van der Waals surface area contributed by atoms with E-state index in [0.717, 1.165) is 5.75 Å². The Hall–Kier alpha value is 0.270. The van der Waals surface area contributed by atoms with Crippen LogP contribution in [0.3, 0.4) is 0 Å². The lowest BCUT2D eigenvalue weighted by molar-refractivity contribution is 0.200. The number of aliphatic hydroxyl groups is 1. The van der Waals surface area contributed by atoms with Crippen molar-refractivity contribution in [1.82, 2.24) is 5.32 Å². The molecule has 0 aliphatic rings. The number of aliphatic hydroxyl groups excluding tert-OH is 1. The number of likely N-dealkylation sites (N-methyl/N-ethyl adjacent to an activating group) is 1. The van der Waals surface area contributed by atoms with Gasteiger partial charge in [0.1, 0.15) is 0 Å². The Kier molecular flexibility index (Phi) is 4.27. The van der Waals surface area contributed by atoms with Crippen LogP contribution in [0.15, 0.2) is 0 Å². The smallest absolute Gasteiger partial charge is 0.0618 e. The molecule has 0 aromatic heterocycles. The highest BCUT2D eigenvalue weighted by Gasteiger charge is 2.18. The van der Waals surface area contributed by atoms with Gasteiger partial charge in [-0.05, 0) is 20.2 Å². The summed E-state index contributed by atoms with van der Waals surface area (Å²) in [4.78, 5) is 0. The normalized spacial score (nSPS) is 17.3. The van der Waals surface area contributed by atoms with Crippen LogP contribution in [0.1, 0.15) is 6.92 Å². The molecular formula is C6H15NOS. The standard InChI is InChI=1S/C6H15NOS/c1-6(4-8,7-2)5-9-3/h7-8H,4-5H2,1-3H3. The first-order valence-corrected chi connectivity index (χ1v) is 4.36. The first-order valence-electron chi connectivity index (χ1n) is 2.97. The monoisotopic (exact) mass is 149 g/mol. The van der Waals surface area contributed by atoms with Crippen LogP contribution in [0.2, 0.25) is 0 Å². The zero-order chi connectivity index (χ0) is 7.33. The van der Waals surface area contributed by atoms with Crippen molar-refractivity contribution in [3.8, 4) is 0 Å². The van der Waals surface area contributed by atoms with Crippen molar-refractivity contribution in [2.75, 3.05) is 25.7 Å². The van der Waals surface area contributed by atoms with Crippen LogP contribution in [0.25, 0.3) is 0 Å². The van der Waals surface area contributed by atoms with Crippen LogP contribution < -0.4 is 5.32 Å². The summed E-state index contributed by atoms with van der Waals surface area (Å²) in [6.45, 7) is 2.20. The van der Waals surface area contributed by atoms with Gasteiger partial charge in [0.2, 0.25) is 0 Å². The third-order valence-electron chi connectivity index (χ3n) is 1.42. The van der Waals surface area contributed by atoms with E-state index in [-0.39, 0.29) is 12.1 Å². The lowest BCUT2D eigenvalue weighted by Gasteiger charge is -2.25. The van der Waals surface area contributed by atoms with Gasteiger partial charge >= 0.3 is 0 Å². The predicted molar refractivity (Wildman–Crippen MR) is 42.9 cm³/mol. The summed E-state index contributed by atoms with van der Waals surface area (Å²) in [5.41, 5.74) is -0.0978. The Morgan fingerprint density at radius 2 is 2.22 bits per heavy atom. The van der Waals surface area contributed by atoms with Gasteiger partial charge in [-0.15, -0.1) is 0 Å². The van der Waals surface area contributed by atoms with Gasteiger partial charge in [-0.2, -0.15) is 11.8 Å². The molecule has 0 radical (unpaired) electrons. The van der Waals surface area contributed by atoms with E-state index >= 15 is 0 Å². The lowest BCUT2D eigenvalue weighted by Crippen LogP contribution is -2.45. The van der Waals surface area contributed by atoms with Crippen molar-refractivity contribution in [2.45, 2.75) is 12.5 Å². The summed E-state index contributed by atoms with van der Waals surface area (Å²) in [7, 11) is 1.87. The highest BCUT2D eigenvalue weighted by Crippen LogP contribution is 2.08. The highest BCUT2D eigenvalue weighted by molar-refractivity contribution is 7.98. The van der Waals surface area contributed by atoms with Crippen LogP contribution in [0.5, 0.6) is 0 Å². The zero-order valence-electron chi connectivity index (χ0n) is 6.27. The fourth-order valence-corrected chi connectivity index (χ4v) is 1.39. The molecule has 56 valence electrons. The van der Waals surface area contributed by atoms with Crippen LogP contribution in [0, 0.1) is 0 Å². The molecule has 1 unspecified atom stereocenters. The molecule has 3 heteroatoms. The maximum absolute atomic E-state index is 8.84. The average Bonchev–Trinajstić information content (AvgIpc) is 1.89. The second-order valence-corrected chi connectivity index (χ2v) is 3.27. The van der Waals surface area contributed by atoms with Crippen LogP contribution in [-0.4, -0.2) is 36.3 Å². The Morgan fingerprint density at radius 1 is 1.67 bits per heavy atom. The molecule has 0 aromatic rings.